The summed E-state index contributed by atoms with van der Waals surface area (Å²) in [7, 11) is 1.55. The molecule has 0 saturated carbocycles. The van der Waals surface area contributed by atoms with E-state index in [-0.39, 0.29) is 18.3 Å². The van der Waals surface area contributed by atoms with Crippen LogP contribution >= 0.6 is 0 Å². The molecule has 2 N–H and O–H groups in total. The van der Waals surface area contributed by atoms with Gasteiger partial charge >= 0.3 is 6.09 Å². The summed E-state index contributed by atoms with van der Waals surface area (Å²) in [6.45, 7) is 7.39. The highest BCUT2D eigenvalue weighted by Crippen LogP contribution is 2.20. The fraction of sp³-hybridized carbons (Fsp3) is 0.409. The molecular formula is C22H28FN3O3. The van der Waals surface area contributed by atoms with Crippen molar-refractivity contribution in [3.63, 3.8) is 0 Å². The smallest absolute Gasteiger partial charge is 0.407 e. The van der Waals surface area contributed by atoms with E-state index in [4.69, 9.17) is 4.74 Å². The molecule has 1 heterocycles. The molecule has 0 unspecified atom stereocenters. The maximum absolute atomic E-state index is 14.8. The van der Waals surface area contributed by atoms with Crippen LogP contribution in [0.3, 0.4) is 0 Å². The highest BCUT2D eigenvalue weighted by Gasteiger charge is 2.16. The molecule has 29 heavy (non-hydrogen) atoms. The normalized spacial score (nSPS) is 11.1. The molecule has 0 saturated heterocycles. The zero-order valence-electron chi connectivity index (χ0n) is 17.6. The predicted molar refractivity (Wildman–Crippen MR) is 110 cm³/mol. The first-order chi connectivity index (χ1) is 13.6. The molecule has 2 rings (SSSR count). The van der Waals surface area contributed by atoms with Crippen LogP contribution in [0.5, 0.6) is 0 Å². The predicted octanol–water partition coefficient (Wildman–Crippen LogP) is 3.55. The quantitative estimate of drug-likeness (QED) is 0.776. The zero-order chi connectivity index (χ0) is 21.6. The standard InChI is InChI=1S/C22H28FN3O3/c1-14-17(12-15-6-9-18(26-13-15)20(27)24-5)8-7-16(19(14)23)10-11-25-21(28)29-22(2,3)4/h6-9,13H,10-12H2,1-5H3,(H,24,27)(H,25,28). The van der Waals surface area contributed by atoms with Crippen LogP contribution in [0, 0.1) is 12.7 Å². The molecule has 0 spiro atoms. The number of alkyl carbamates (subject to hydrolysis) is 1. The number of benzene rings is 1. The number of aromatic nitrogens is 1. The van der Waals surface area contributed by atoms with Crippen molar-refractivity contribution in [2.24, 2.45) is 0 Å². The molecule has 0 bridgehead atoms. The maximum Gasteiger partial charge on any atom is 0.407 e. The number of amides is 2. The topological polar surface area (TPSA) is 80.3 Å². The van der Waals surface area contributed by atoms with Crippen molar-refractivity contribution in [2.75, 3.05) is 13.6 Å². The van der Waals surface area contributed by atoms with E-state index in [1.807, 2.05) is 12.1 Å². The number of carbonyl (C=O) groups is 2. The van der Waals surface area contributed by atoms with Gasteiger partial charge in [-0.05, 0) is 68.9 Å². The monoisotopic (exact) mass is 401 g/mol. The number of carbonyl (C=O) groups excluding carboxylic acids is 2. The Morgan fingerprint density at radius 2 is 1.83 bits per heavy atom. The van der Waals surface area contributed by atoms with Crippen molar-refractivity contribution in [3.05, 3.63) is 64.2 Å². The van der Waals surface area contributed by atoms with Crippen molar-refractivity contribution in [2.45, 2.75) is 46.1 Å². The molecule has 2 aromatic rings. The Bertz CT molecular complexity index is 874. The number of hydrogen-bond donors (Lipinski definition) is 2. The maximum atomic E-state index is 14.8. The molecule has 2 amide bonds. The van der Waals surface area contributed by atoms with Crippen molar-refractivity contribution in [1.29, 1.82) is 0 Å². The molecule has 156 valence electrons. The van der Waals surface area contributed by atoms with Gasteiger partial charge in [0, 0.05) is 19.8 Å². The fourth-order valence-corrected chi connectivity index (χ4v) is 2.79. The first-order valence-corrected chi connectivity index (χ1v) is 9.51. The van der Waals surface area contributed by atoms with E-state index in [0.717, 1.165) is 11.1 Å². The summed E-state index contributed by atoms with van der Waals surface area (Å²) in [6.07, 6.45) is 1.99. The lowest BCUT2D eigenvalue weighted by atomic mass is 9.97. The molecule has 0 fully saturated rings. The van der Waals surface area contributed by atoms with Crippen LogP contribution in [-0.2, 0) is 17.6 Å². The second-order valence-corrected chi connectivity index (χ2v) is 7.81. The average molecular weight is 401 g/mol. The Labute approximate surface area is 170 Å². The largest absolute Gasteiger partial charge is 0.444 e. The van der Waals surface area contributed by atoms with Crippen molar-refractivity contribution >= 4 is 12.0 Å². The lowest BCUT2D eigenvalue weighted by molar-refractivity contribution is 0.0528. The Morgan fingerprint density at radius 3 is 2.41 bits per heavy atom. The Balaban J connectivity index is 2.00. The number of nitrogens with zero attached hydrogens (tertiary/aromatic N) is 1. The van der Waals surface area contributed by atoms with E-state index in [0.29, 0.717) is 29.7 Å². The molecule has 0 aliphatic rings. The average Bonchev–Trinajstić information content (AvgIpc) is 2.66. The summed E-state index contributed by atoms with van der Waals surface area (Å²) in [5.41, 5.74) is 2.61. The Hall–Kier alpha value is -2.96. The van der Waals surface area contributed by atoms with Gasteiger partial charge in [-0.25, -0.2) is 9.18 Å². The summed E-state index contributed by atoms with van der Waals surface area (Å²) < 4.78 is 19.9. The fourth-order valence-electron chi connectivity index (χ4n) is 2.79. The van der Waals surface area contributed by atoms with Crippen LogP contribution in [0.2, 0.25) is 0 Å². The van der Waals surface area contributed by atoms with Gasteiger partial charge in [-0.15, -0.1) is 0 Å². The summed E-state index contributed by atoms with van der Waals surface area (Å²) in [5, 5.41) is 5.16. The van der Waals surface area contributed by atoms with E-state index in [1.54, 1.807) is 53.1 Å². The molecule has 0 atom stereocenters. The Kier molecular flexibility index (Phi) is 7.31. The molecule has 0 aliphatic heterocycles. The minimum absolute atomic E-state index is 0.247. The first kappa shape index (κ1) is 22.3. The van der Waals surface area contributed by atoms with Crippen molar-refractivity contribution in [3.8, 4) is 0 Å². The van der Waals surface area contributed by atoms with Gasteiger partial charge in [0.2, 0.25) is 0 Å². The summed E-state index contributed by atoms with van der Waals surface area (Å²) in [5.74, 6) is -0.522. The van der Waals surface area contributed by atoms with E-state index in [1.165, 1.54) is 0 Å². The zero-order valence-corrected chi connectivity index (χ0v) is 17.6. The highest BCUT2D eigenvalue weighted by molar-refractivity contribution is 5.91. The summed E-state index contributed by atoms with van der Waals surface area (Å²) in [4.78, 5) is 27.4. The minimum Gasteiger partial charge on any atom is -0.444 e. The van der Waals surface area contributed by atoms with Gasteiger partial charge in [-0.3, -0.25) is 9.78 Å². The highest BCUT2D eigenvalue weighted by atomic mass is 19.1. The SMILES string of the molecule is CNC(=O)c1ccc(Cc2ccc(CCNC(=O)OC(C)(C)C)c(F)c2C)cn1. The van der Waals surface area contributed by atoms with Gasteiger partial charge in [0.15, 0.2) is 0 Å². The molecule has 0 radical (unpaired) electrons. The van der Waals surface area contributed by atoms with Crippen LogP contribution in [0.4, 0.5) is 9.18 Å². The van der Waals surface area contributed by atoms with E-state index < -0.39 is 11.7 Å². The van der Waals surface area contributed by atoms with Crippen molar-refractivity contribution < 1.29 is 18.7 Å². The third-order valence-electron chi connectivity index (χ3n) is 4.32. The number of halogens is 1. The van der Waals surface area contributed by atoms with Gasteiger partial charge in [-0.2, -0.15) is 0 Å². The van der Waals surface area contributed by atoms with Crippen LogP contribution in [-0.4, -0.2) is 36.2 Å². The molecule has 6 nitrogen and oxygen atoms in total. The van der Waals surface area contributed by atoms with Crippen LogP contribution in [0.15, 0.2) is 30.5 Å². The van der Waals surface area contributed by atoms with Crippen LogP contribution in [0.1, 0.15) is 53.5 Å². The lowest BCUT2D eigenvalue weighted by Gasteiger charge is -2.19. The second kappa shape index (κ2) is 9.49. The van der Waals surface area contributed by atoms with Gasteiger partial charge in [0.25, 0.3) is 5.91 Å². The number of pyridine rings is 1. The first-order valence-electron chi connectivity index (χ1n) is 9.51. The number of rotatable bonds is 6. The van der Waals surface area contributed by atoms with Gasteiger partial charge in [0.05, 0.1) is 0 Å². The molecular weight excluding hydrogens is 373 g/mol. The van der Waals surface area contributed by atoms with Gasteiger partial charge < -0.3 is 15.4 Å². The summed E-state index contributed by atoms with van der Waals surface area (Å²) in [6, 6.07) is 7.08. The molecule has 0 aliphatic carbocycles. The Morgan fingerprint density at radius 1 is 1.14 bits per heavy atom. The van der Waals surface area contributed by atoms with E-state index >= 15 is 0 Å². The summed E-state index contributed by atoms with van der Waals surface area (Å²) >= 11 is 0. The number of nitrogens with one attached hydrogen (secondary N) is 2. The third-order valence-corrected chi connectivity index (χ3v) is 4.32. The van der Waals surface area contributed by atoms with Gasteiger partial charge in [-0.1, -0.05) is 18.2 Å². The van der Waals surface area contributed by atoms with Crippen LogP contribution in [0.25, 0.3) is 0 Å². The van der Waals surface area contributed by atoms with Crippen LogP contribution < -0.4 is 10.6 Å². The second-order valence-electron chi connectivity index (χ2n) is 7.81. The lowest BCUT2D eigenvalue weighted by Crippen LogP contribution is -2.33. The number of hydrogen-bond acceptors (Lipinski definition) is 4. The third kappa shape index (κ3) is 6.55. The molecule has 7 heteroatoms. The van der Waals surface area contributed by atoms with Crippen molar-refractivity contribution in [1.82, 2.24) is 15.6 Å². The van der Waals surface area contributed by atoms with E-state index in [9.17, 15) is 14.0 Å². The molecule has 1 aromatic carbocycles. The molecule has 1 aromatic heterocycles. The number of ether oxygens (including phenoxy) is 1. The van der Waals surface area contributed by atoms with E-state index in [2.05, 4.69) is 15.6 Å². The minimum atomic E-state index is -0.568. The van der Waals surface area contributed by atoms with Gasteiger partial charge in [0.1, 0.15) is 17.1 Å².